The van der Waals surface area contributed by atoms with Crippen LogP contribution in [0.2, 0.25) is 0 Å². The number of benzene rings is 8. The van der Waals surface area contributed by atoms with Gasteiger partial charge >= 0.3 is 0 Å². The molecule has 0 saturated heterocycles. The van der Waals surface area contributed by atoms with Crippen LogP contribution in [-0.4, -0.2) is 9.97 Å². The van der Waals surface area contributed by atoms with Gasteiger partial charge in [0.15, 0.2) is 5.82 Å². The molecule has 2 heterocycles. The highest BCUT2D eigenvalue weighted by Crippen LogP contribution is 2.42. The van der Waals surface area contributed by atoms with Crippen LogP contribution in [0.3, 0.4) is 0 Å². The van der Waals surface area contributed by atoms with E-state index < -0.39 is 0 Å². The van der Waals surface area contributed by atoms with Crippen molar-refractivity contribution < 1.29 is 0 Å². The molecular weight excluding hydrogens is 613 g/mol. The Kier molecular flexibility index (Phi) is 6.39. The normalized spacial score (nSPS) is 11.7. The van der Waals surface area contributed by atoms with Crippen LogP contribution in [0.1, 0.15) is 0 Å². The molecule has 0 bridgehead atoms. The maximum Gasteiger partial charge on any atom is 0.160 e. The van der Waals surface area contributed by atoms with Gasteiger partial charge in [0.25, 0.3) is 0 Å². The number of fused-ring (bicyclic) bond motifs is 7. The maximum absolute atomic E-state index is 5.33. The van der Waals surface area contributed by atoms with E-state index in [0.29, 0.717) is 5.82 Å². The number of hydrogen-bond donors (Lipinski definition) is 0. The second-order valence-electron chi connectivity index (χ2n) is 12.6. The third-order valence-electron chi connectivity index (χ3n) is 9.64. The fourth-order valence-electron chi connectivity index (χ4n) is 7.31. The molecule has 0 fully saturated rings. The molecule has 0 amide bonds. The zero-order valence-electron chi connectivity index (χ0n) is 26.5. The number of rotatable bonds is 4. The Labute approximate surface area is 287 Å². The Morgan fingerprint density at radius 1 is 0.347 bits per heavy atom. The predicted molar refractivity (Wildman–Crippen MR) is 209 cm³/mol. The summed E-state index contributed by atoms with van der Waals surface area (Å²) in [5.41, 5.74) is 7.36. The zero-order valence-corrected chi connectivity index (χ0v) is 27.3. The predicted octanol–water partition coefficient (Wildman–Crippen LogP) is 13.0. The minimum atomic E-state index is 0.714. The van der Waals surface area contributed by atoms with Crippen molar-refractivity contribution in [3.8, 4) is 45.0 Å². The molecule has 0 unspecified atom stereocenters. The molecule has 2 nitrogen and oxygen atoms in total. The summed E-state index contributed by atoms with van der Waals surface area (Å²) in [7, 11) is 0. The quantitative estimate of drug-likeness (QED) is 0.141. The van der Waals surface area contributed by atoms with Crippen molar-refractivity contribution in [1.29, 1.82) is 0 Å². The first-order valence-electron chi connectivity index (χ1n) is 16.6. The minimum absolute atomic E-state index is 0.714. The Morgan fingerprint density at radius 2 is 1.00 bits per heavy atom. The summed E-state index contributed by atoms with van der Waals surface area (Å²) in [4.78, 5) is 10.6. The van der Waals surface area contributed by atoms with Crippen molar-refractivity contribution in [3.63, 3.8) is 0 Å². The van der Waals surface area contributed by atoms with Crippen LogP contribution < -0.4 is 0 Å². The van der Waals surface area contributed by atoms with E-state index in [1.165, 1.54) is 58.1 Å². The van der Waals surface area contributed by atoms with E-state index in [0.717, 1.165) is 33.6 Å². The summed E-state index contributed by atoms with van der Waals surface area (Å²) < 4.78 is 2.63. The van der Waals surface area contributed by atoms with Crippen LogP contribution in [-0.2, 0) is 0 Å². The number of hydrogen-bond acceptors (Lipinski definition) is 3. The molecule has 228 valence electrons. The van der Waals surface area contributed by atoms with Crippen molar-refractivity contribution in [2.75, 3.05) is 0 Å². The van der Waals surface area contributed by atoms with E-state index in [1.807, 2.05) is 17.4 Å². The van der Waals surface area contributed by atoms with Crippen molar-refractivity contribution in [2.45, 2.75) is 0 Å². The third-order valence-corrected chi connectivity index (χ3v) is 10.8. The highest BCUT2D eigenvalue weighted by Gasteiger charge is 2.18. The first kappa shape index (κ1) is 27.9. The van der Waals surface area contributed by atoms with Gasteiger partial charge in [-0.3, -0.25) is 0 Å². The van der Waals surface area contributed by atoms with Crippen molar-refractivity contribution in [3.05, 3.63) is 170 Å². The van der Waals surface area contributed by atoms with E-state index in [1.54, 1.807) is 0 Å². The Hall–Kier alpha value is -6.16. The highest BCUT2D eigenvalue weighted by atomic mass is 32.1. The summed E-state index contributed by atoms with van der Waals surface area (Å²) in [6, 6.07) is 60.9. The molecule has 3 heteroatoms. The Bertz CT molecular complexity index is 2890. The van der Waals surface area contributed by atoms with Crippen molar-refractivity contribution >= 4 is 63.8 Å². The topological polar surface area (TPSA) is 25.8 Å². The minimum Gasteiger partial charge on any atom is -0.228 e. The molecule has 0 saturated carbocycles. The average molecular weight is 641 g/mol. The fraction of sp³-hybridized carbons (Fsp3) is 0. The lowest BCUT2D eigenvalue weighted by atomic mass is 9.90. The van der Waals surface area contributed by atoms with Gasteiger partial charge in [-0.15, -0.1) is 11.3 Å². The molecule has 0 spiro atoms. The molecule has 0 atom stereocenters. The standard InChI is InChI=1S/C46H28N2S/c1-2-12-30(13-3-1)46-47-40(34-16-10-15-31(25-34)32-23-24-43-39(27-32)38-19-8-9-20-42(38)49-43)28-41(48-46)45-37-18-7-5-14-33(37)26-35-22-21-29-11-4-6-17-36(29)44(35)45/h1-28H. The Morgan fingerprint density at radius 3 is 1.90 bits per heavy atom. The molecular formula is C46H28N2S. The van der Waals surface area contributed by atoms with Gasteiger partial charge in [-0.05, 0) is 79.8 Å². The van der Waals surface area contributed by atoms with Gasteiger partial charge in [-0.2, -0.15) is 0 Å². The van der Waals surface area contributed by atoms with Crippen LogP contribution in [0, 0.1) is 0 Å². The molecule has 0 aliphatic heterocycles. The number of nitrogens with zero attached hydrogens (tertiary/aromatic N) is 2. The monoisotopic (exact) mass is 640 g/mol. The lowest BCUT2D eigenvalue weighted by molar-refractivity contribution is 1.19. The summed E-state index contributed by atoms with van der Waals surface area (Å²) in [6.45, 7) is 0. The van der Waals surface area contributed by atoms with Crippen LogP contribution in [0.4, 0.5) is 0 Å². The molecule has 2 aromatic heterocycles. The molecule has 0 radical (unpaired) electrons. The molecule has 8 aromatic carbocycles. The zero-order chi connectivity index (χ0) is 32.3. The van der Waals surface area contributed by atoms with Crippen LogP contribution >= 0.6 is 11.3 Å². The average Bonchev–Trinajstić information content (AvgIpc) is 3.55. The van der Waals surface area contributed by atoms with Gasteiger partial charge in [-0.1, -0.05) is 133 Å². The summed E-state index contributed by atoms with van der Waals surface area (Å²) >= 11 is 1.85. The molecule has 0 aliphatic carbocycles. The van der Waals surface area contributed by atoms with Gasteiger partial charge in [0.05, 0.1) is 11.4 Å². The first-order valence-corrected chi connectivity index (χ1v) is 17.4. The van der Waals surface area contributed by atoms with E-state index in [4.69, 9.17) is 9.97 Å². The highest BCUT2D eigenvalue weighted by molar-refractivity contribution is 7.25. The maximum atomic E-state index is 5.33. The lowest BCUT2D eigenvalue weighted by Crippen LogP contribution is -1.97. The van der Waals surface area contributed by atoms with Crippen LogP contribution in [0.25, 0.3) is 97.5 Å². The Balaban J connectivity index is 1.22. The fourth-order valence-corrected chi connectivity index (χ4v) is 8.40. The van der Waals surface area contributed by atoms with Crippen LogP contribution in [0.5, 0.6) is 0 Å². The van der Waals surface area contributed by atoms with Gasteiger partial charge in [-0.25, -0.2) is 9.97 Å². The van der Waals surface area contributed by atoms with E-state index >= 15 is 0 Å². The molecule has 10 rings (SSSR count). The molecule has 0 N–H and O–H groups in total. The summed E-state index contributed by atoms with van der Waals surface area (Å²) in [5.74, 6) is 0.714. The van der Waals surface area contributed by atoms with Gasteiger partial charge in [0, 0.05) is 36.9 Å². The van der Waals surface area contributed by atoms with E-state index in [2.05, 4.69) is 164 Å². The van der Waals surface area contributed by atoms with Gasteiger partial charge in [0.1, 0.15) is 0 Å². The van der Waals surface area contributed by atoms with E-state index in [9.17, 15) is 0 Å². The number of aromatic nitrogens is 2. The summed E-state index contributed by atoms with van der Waals surface area (Å²) in [6.07, 6.45) is 0. The van der Waals surface area contributed by atoms with E-state index in [-0.39, 0.29) is 0 Å². The van der Waals surface area contributed by atoms with Crippen LogP contribution in [0.15, 0.2) is 170 Å². The van der Waals surface area contributed by atoms with Crippen molar-refractivity contribution in [2.24, 2.45) is 0 Å². The van der Waals surface area contributed by atoms with Gasteiger partial charge in [0.2, 0.25) is 0 Å². The second-order valence-corrected chi connectivity index (χ2v) is 13.7. The number of thiophene rings is 1. The SMILES string of the molecule is c1ccc(-c2nc(-c3cccc(-c4ccc5sc6ccccc6c5c4)c3)cc(-c3c4ccccc4cc4ccc5ccccc5c34)n2)cc1. The molecule has 10 aromatic rings. The third kappa shape index (κ3) is 4.70. The summed E-state index contributed by atoms with van der Waals surface area (Å²) in [5, 5.41) is 9.84. The largest absolute Gasteiger partial charge is 0.228 e. The van der Waals surface area contributed by atoms with Gasteiger partial charge < -0.3 is 0 Å². The molecule has 0 aliphatic rings. The molecule has 49 heavy (non-hydrogen) atoms. The van der Waals surface area contributed by atoms with Crippen molar-refractivity contribution in [1.82, 2.24) is 9.97 Å². The first-order chi connectivity index (χ1) is 24.3. The smallest absolute Gasteiger partial charge is 0.160 e. The lowest BCUT2D eigenvalue weighted by Gasteiger charge is -2.16. The second kappa shape index (κ2) is 11.2.